The monoisotopic (exact) mass is 278 g/mol. The zero-order valence-electron chi connectivity index (χ0n) is 9.12. The normalized spacial score (nSPS) is 24.8. The van der Waals surface area contributed by atoms with Gasteiger partial charge in [-0.3, -0.25) is 0 Å². The summed E-state index contributed by atoms with van der Waals surface area (Å²) in [7, 11) is 0. The number of nitriles is 1. The van der Waals surface area contributed by atoms with Crippen LogP contribution >= 0.6 is 15.9 Å². The van der Waals surface area contributed by atoms with Crippen LogP contribution < -0.4 is 5.32 Å². The highest BCUT2D eigenvalue weighted by molar-refractivity contribution is 9.10. The third-order valence-electron chi connectivity index (χ3n) is 3.11. The standard InChI is InChI=1S/C13H15BrN2/c14-11-2-1-3-13(8-11)16-12-6-4-10(9-15)5-7-12/h1-3,8,10,12,16H,4-7H2. The molecule has 0 radical (unpaired) electrons. The molecular formula is C13H15BrN2. The number of anilines is 1. The van der Waals surface area contributed by atoms with Crippen molar-refractivity contribution < 1.29 is 0 Å². The van der Waals surface area contributed by atoms with Gasteiger partial charge in [-0.25, -0.2) is 0 Å². The zero-order valence-corrected chi connectivity index (χ0v) is 10.7. The largest absolute Gasteiger partial charge is 0.382 e. The minimum Gasteiger partial charge on any atom is -0.382 e. The summed E-state index contributed by atoms with van der Waals surface area (Å²) in [6, 6.07) is 11.1. The van der Waals surface area contributed by atoms with E-state index in [-0.39, 0.29) is 5.92 Å². The van der Waals surface area contributed by atoms with E-state index in [2.05, 4.69) is 39.4 Å². The zero-order chi connectivity index (χ0) is 11.4. The van der Waals surface area contributed by atoms with Gasteiger partial charge < -0.3 is 5.32 Å². The number of nitrogens with one attached hydrogen (secondary N) is 1. The van der Waals surface area contributed by atoms with Crippen LogP contribution in [-0.2, 0) is 0 Å². The van der Waals surface area contributed by atoms with Crippen LogP contribution in [0, 0.1) is 17.2 Å². The van der Waals surface area contributed by atoms with Gasteiger partial charge in [0, 0.05) is 22.1 Å². The van der Waals surface area contributed by atoms with Crippen molar-refractivity contribution in [2.75, 3.05) is 5.32 Å². The highest BCUT2D eigenvalue weighted by atomic mass is 79.9. The van der Waals surface area contributed by atoms with Crippen LogP contribution in [-0.4, -0.2) is 6.04 Å². The molecule has 1 fully saturated rings. The second kappa shape index (κ2) is 5.36. The average Bonchev–Trinajstić information content (AvgIpc) is 2.30. The van der Waals surface area contributed by atoms with Gasteiger partial charge in [0.05, 0.1) is 6.07 Å². The Morgan fingerprint density at radius 3 is 2.62 bits per heavy atom. The molecule has 0 aliphatic heterocycles. The predicted octanol–water partition coefficient (Wildman–Crippen LogP) is 3.94. The molecule has 84 valence electrons. The first-order chi connectivity index (χ1) is 7.78. The number of benzene rings is 1. The highest BCUT2D eigenvalue weighted by Gasteiger charge is 2.20. The van der Waals surface area contributed by atoms with Gasteiger partial charge in [0.1, 0.15) is 0 Å². The molecule has 3 heteroatoms. The van der Waals surface area contributed by atoms with Gasteiger partial charge in [0.15, 0.2) is 0 Å². The quantitative estimate of drug-likeness (QED) is 0.889. The average molecular weight is 279 g/mol. The first-order valence-electron chi connectivity index (χ1n) is 5.69. The summed E-state index contributed by atoms with van der Waals surface area (Å²) in [4.78, 5) is 0. The fourth-order valence-corrected chi connectivity index (χ4v) is 2.58. The van der Waals surface area contributed by atoms with E-state index < -0.39 is 0 Å². The van der Waals surface area contributed by atoms with E-state index in [4.69, 9.17) is 5.26 Å². The van der Waals surface area contributed by atoms with Crippen LogP contribution in [0.5, 0.6) is 0 Å². The molecule has 1 saturated carbocycles. The minimum atomic E-state index is 0.278. The molecule has 1 aromatic rings. The Balaban J connectivity index is 1.90. The first-order valence-corrected chi connectivity index (χ1v) is 6.49. The van der Waals surface area contributed by atoms with Crippen molar-refractivity contribution in [2.45, 2.75) is 31.7 Å². The minimum absolute atomic E-state index is 0.278. The summed E-state index contributed by atoms with van der Waals surface area (Å²) in [6.45, 7) is 0. The lowest BCUT2D eigenvalue weighted by Gasteiger charge is -2.26. The Morgan fingerprint density at radius 1 is 1.25 bits per heavy atom. The van der Waals surface area contributed by atoms with E-state index >= 15 is 0 Å². The first kappa shape index (κ1) is 11.5. The summed E-state index contributed by atoms with van der Waals surface area (Å²) in [5.41, 5.74) is 1.16. The predicted molar refractivity (Wildman–Crippen MR) is 69.1 cm³/mol. The summed E-state index contributed by atoms with van der Waals surface area (Å²) >= 11 is 3.46. The van der Waals surface area contributed by atoms with Crippen LogP contribution in [0.15, 0.2) is 28.7 Å². The van der Waals surface area contributed by atoms with Crippen molar-refractivity contribution in [3.63, 3.8) is 0 Å². The molecule has 0 unspecified atom stereocenters. The Morgan fingerprint density at radius 2 is 2.00 bits per heavy atom. The van der Waals surface area contributed by atoms with Crippen LogP contribution in [0.4, 0.5) is 5.69 Å². The number of halogens is 1. The number of hydrogen-bond donors (Lipinski definition) is 1. The number of hydrogen-bond acceptors (Lipinski definition) is 2. The third-order valence-corrected chi connectivity index (χ3v) is 3.60. The molecule has 0 atom stereocenters. The lowest BCUT2D eigenvalue weighted by Crippen LogP contribution is -2.25. The van der Waals surface area contributed by atoms with E-state index in [1.165, 1.54) is 0 Å². The van der Waals surface area contributed by atoms with E-state index in [0.29, 0.717) is 6.04 Å². The van der Waals surface area contributed by atoms with E-state index in [1.54, 1.807) is 0 Å². The molecule has 16 heavy (non-hydrogen) atoms. The maximum Gasteiger partial charge on any atom is 0.0655 e. The summed E-state index contributed by atoms with van der Waals surface area (Å²) < 4.78 is 1.10. The molecule has 0 aromatic heterocycles. The molecule has 0 amide bonds. The lowest BCUT2D eigenvalue weighted by molar-refractivity contribution is 0.397. The SMILES string of the molecule is N#CC1CCC(Nc2cccc(Br)c2)CC1. The van der Waals surface area contributed by atoms with E-state index in [9.17, 15) is 0 Å². The van der Waals surface area contributed by atoms with Gasteiger partial charge >= 0.3 is 0 Å². The van der Waals surface area contributed by atoms with Crippen molar-refractivity contribution in [3.05, 3.63) is 28.7 Å². The van der Waals surface area contributed by atoms with Crippen molar-refractivity contribution in [1.82, 2.24) is 0 Å². The molecule has 2 rings (SSSR count). The third kappa shape index (κ3) is 2.99. The number of rotatable bonds is 2. The smallest absolute Gasteiger partial charge is 0.0655 e. The molecule has 1 aromatic carbocycles. The van der Waals surface area contributed by atoms with Gasteiger partial charge in [-0.05, 0) is 43.9 Å². The van der Waals surface area contributed by atoms with Crippen LogP contribution in [0.3, 0.4) is 0 Å². The Hall–Kier alpha value is -1.01. The molecule has 0 bridgehead atoms. The van der Waals surface area contributed by atoms with Gasteiger partial charge in [0.2, 0.25) is 0 Å². The highest BCUT2D eigenvalue weighted by Crippen LogP contribution is 2.26. The summed E-state index contributed by atoms with van der Waals surface area (Å²) in [6.07, 6.45) is 4.26. The van der Waals surface area contributed by atoms with Crippen LogP contribution in [0.2, 0.25) is 0 Å². The molecule has 1 aliphatic carbocycles. The fourth-order valence-electron chi connectivity index (χ4n) is 2.18. The Bertz CT molecular complexity index is 389. The van der Waals surface area contributed by atoms with Crippen molar-refractivity contribution >= 4 is 21.6 Å². The van der Waals surface area contributed by atoms with Gasteiger partial charge in [-0.1, -0.05) is 22.0 Å². The van der Waals surface area contributed by atoms with E-state index in [0.717, 1.165) is 35.8 Å². The van der Waals surface area contributed by atoms with Crippen LogP contribution in [0.1, 0.15) is 25.7 Å². The molecule has 0 heterocycles. The molecular weight excluding hydrogens is 264 g/mol. The second-order valence-electron chi connectivity index (χ2n) is 4.33. The van der Waals surface area contributed by atoms with Gasteiger partial charge in [-0.2, -0.15) is 5.26 Å². The van der Waals surface area contributed by atoms with E-state index in [1.807, 2.05) is 12.1 Å². The number of nitrogens with zero attached hydrogens (tertiary/aromatic N) is 1. The summed E-state index contributed by atoms with van der Waals surface area (Å²) in [5.74, 6) is 0.278. The molecule has 0 spiro atoms. The molecule has 0 saturated heterocycles. The van der Waals surface area contributed by atoms with Crippen molar-refractivity contribution in [1.29, 1.82) is 5.26 Å². The van der Waals surface area contributed by atoms with Crippen molar-refractivity contribution in [2.24, 2.45) is 5.92 Å². The topological polar surface area (TPSA) is 35.8 Å². The van der Waals surface area contributed by atoms with Gasteiger partial charge in [-0.15, -0.1) is 0 Å². The van der Waals surface area contributed by atoms with Gasteiger partial charge in [0.25, 0.3) is 0 Å². The second-order valence-corrected chi connectivity index (χ2v) is 5.25. The molecule has 2 nitrogen and oxygen atoms in total. The molecule has 1 N–H and O–H groups in total. The Labute approximate surface area is 105 Å². The maximum atomic E-state index is 8.83. The van der Waals surface area contributed by atoms with Crippen molar-refractivity contribution in [3.8, 4) is 6.07 Å². The maximum absolute atomic E-state index is 8.83. The molecule has 1 aliphatic rings. The summed E-state index contributed by atoms with van der Waals surface area (Å²) in [5, 5.41) is 12.4. The Kier molecular flexibility index (Phi) is 3.84. The lowest BCUT2D eigenvalue weighted by atomic mass is 9.87. The van der Waals surface area contributed by atoms with Crippen LogP contribution in [0.25, 0.3) is 0 Å². The fraction of sp³-hybridized carbons (Fsp3) is 0.462.